The van der Waals surface area contributed by atoms with E-state index in [-0.39, 0.29) is 0 Å². The Bertz CT molecular complexity index is 641. The summed E-state index contributed by atoms with van der Waals surface area (Å²) in [4.78, 5) is 10.9. The van der Waals surface area contributed by atoms with E-state index in [1.54, 1.807) is 13.2 Å². The lowest BCUT2D eigenvalue weighted by molar-refractivity contribution is 0.259. The van der Waals surface area contributed by atoms with Crippen LogP contribution in [0.3, 0.4) is 0 Å². The molecule has 1 atom stereocenters. The van der Waals surface area contributed by atoms with Gasteiger partial charge in [0.05, 0.1) is 7.11 Å². The smallest absolute Gasteiger partial charge is 0.316 e. The molecule has 0 aliphatic heterocycles. The van der Waals surface area contributed by atoms with Crippen molar-refractivity contribution in [3.05, 3.63) is 54.1 Å². The number of urea groups is 1. The van der Waals surface area contributed by atoms with Crippen LogP contribution < -0.4 is 21.1 Å². The first-order valence-electron chi connectivity index (χ1n) is 7.63. The van der Waals surface area contributed by atoms with Crippen LogP contribution in [0.5, 0.6) is 5.75 Å². The van der Waals surface area contributed by atoms with Crippen LogP contribution in [-0.4, -0.2) is 19.2 Å². The van der Waals surface area contributed by atoms with Gasteiger partial charge in [-0.25, -0.2) is 4.79 Å². The largest absolute Gasteiger partial charge is 0.497 e. The van der Waals surface area contributed by atoms with E-state index in [1.165, 1.54) is 5.56 Å². The second-order valence-corrected chi connectivity index (χ2v) is 5.50. The Morgan fingerprint density at radius 3 is 2.52 bits per heavy atom. The van der Waals surface area contributed by atoms with Crippen LogP contribution in [0.2, 0.25) is 0 Å². The van der Waals surface area contributed by atoms with Crippen molar-refractivity contribution in [1.29, 1.82) is 0 Å². The van der Waals surface area contributed by atoms with E-state index < -0.39 is 6.03 Å². The second kappa shape index (κ2) is 8.08. The summed E-state index contributed by atoms with van der Waals surface area (Å²) >= 11 is 0. The summed E-state index contributed by atoms with van der Waals surface area (Å²) in [6.07, 6.45) is 1.98. The number of nitrogens with two attached hydrogens (primary N) is 1. The number of hydrogen-bond acceptors (Lipinski definition) is 3. The number of methoxy groups -OCH3 is 1. The van der Waals surface area contributed by atoms with Crippen molar-refractivity contribution < 1.29 is 9.53 Å². The third-order valence-electron chi connectivity index (χ3n) is 3.57. The summed E-state index contributed by atoms with van der Waals surface area (Å²) in [5.74, 6) is 0.874. The molecule has 0 fully saturated rings. The zero-order valence-corrected chi connectivity index (χ0v) is 13.5. The van der Waals surface area contributed by atoms with Gasteiger partial charge in [0, 0.05) is 17.4 Å². The molecule has 0 aliphatic carbocycles. The van der Waals surface area contributed by atoms with Crippen LogP contribution in [0, 0.1) is 0 Å². The third-order valence-corrected chi connectivity index (χ3v) is 3.57. The molecule has 5 heteroatoms. The standard InChI is InChI=1S/C18H23N3O2/c1-13(6-7-14-8-10-17(23-2)11-9-14)20-15-4-3-5-16(12-15)21-18(19)22/h3-5,8-13,20H,6-7H2,1-2H3,(H3,19,21,22). The number of rotatable bonds is 7. The summed E-state index contributed by atoms with van der Waals surface area (Å²) in [7, 11) is 1.67. The third kappa shape index (κ3) is 5.54. The Hall–Kier alpha value is -2.69. The Balaban J connectivity index is 1.86. The Kier molecular flexibility index (Phi) is 5.86. The van der Waals surface area contributed by atoms with E-state index >= 15 is 0 Å². The van der Waals surface area contributed by atoms with Gasteiger partial charge in [0.15, 0.2) is 0 Å². The van der Waals surface area contributed by atoms with Crippen molar-refractivity contribution in [2.75, 3.05) is 17.7 Å². The molecule has 122 valence electrons. The van der Waals surface area contributed by atoms with Crippen LogP contribution in [-0.2, 0) is 6.42 Å². The highest BCUT2D eigenvalue weighted by atomic mass is 16.5. The van der Waals surface area contributed by atoms with Crippen LogP contribution in [0.4, 0.5) is 16.2 Å². The molecule has 2 aromatic carbocycles. The Morgan fingerprint density at radius 2 is 1.87 bits per heavy atom. The second-order valence-electron chi connectivity index (χ2n) is 5.50. The van der Waals surface area contributed by atoms with Gasteiger partial charge in [-0.15, -0.1) is 0 Å². The highest BCUT2D eigenvalue weighted by molar-refractivity contribution is 5.88. The minimum atomic E-state index is -0.560. The fraction of sp³-hybridized carbons (Fsp3) is 0.278. The zero-order valence-electron chi connectivity index (χ0n) is 13.5. The lowest BCUT2D eigenvalue weighted by Gasteiger charge is -2.16. The number of carbonyl (C=O) groups excluding carboxylic acids is 1. The molecule has 2 amide bonds. The van der Waals surface area contributed by atoms with Crippen molar-refractivity contribution in [3.8, 4) is 5.75 Å². The van der Waals surface area contributed by atoms with E-state index in [2.05, 4.69) is 29.7 Å². The van der Waals surface area contributed by atoms with Gasteiger partial charge < -0.3 is 21.1 Å². The number of carbonyl (C=O) groups is 1. The zero-order chi connectivity index (χ0) is 16.7. The highest BCUT2D eigenvalue weighted by Gasteiger charge is 2.04. The fourth-order valence-electron chi connectivity index (χ4n) is 2.36. The van der Waals surface area contributed by atoms with E-state index in [0.717, 1.165) is 24.3 Å². The number of hydrogen-bond donors (Lipinski definition) is 3. The lowest BCUT2D eigenvalue weighted by atomic mass is 10.1. The molecule has 0 aromatic heterocycles. The number of nitrogens with one attached hydrogen (secondary N) is 2. The first-order chi connectivity index (χ1) is 11.1. The molecule has 5 nitrogen and oxygen atoms in total. The normalized spacial score (nSPS) is 11.6. The number of benzene rings is 2. The van der Waals surface area contributed by atoms with E-state index in [0.29, 0.717) is 11.7 Å². The average molecular weight is 313 g/mol. The molecule has 0 spiro atoms. The number of amides is 2. The quantitative estimate of drug-likeness (QED) is 0.730. The van der Waals surface area contributed by atoms with Gasteiger partial charge in [-0.1, -0.05) is 18.2 Å². The summed E-state index contributed by atoms with van der Waals surface area (Å²) < 4.78 is 5.16. The molecule has 0 heterocycles. The maximum atomic E-state index is 10.9. The average Bonchev–Trinajstić information content (AvgIpc) is 2.53. The first kappa shape index (κ1) is 16.7. The summed E-state index contributed by atoms with van der Waals surface area (Å²) in [6, 6.07) is 15.4. The number of ether oxygens (including phenoxy) is 1. The van der Waals surface area contributed by atoms with Crippen molar-refractivity contribution in [3.63, 3.8) is 0 Å². The topological polar surface area (TPSA) is 76.4 Å². The molecule has 0 saturated heterocycles. The maximum Gasteiger partial charge on any atom is 0.316 e. The van der Waals surface area contributed by atoms with Gasteiger partial charge in [-0.2, -0.15) is 0 Å². The monoisotopic (exact) mass is 313 g/mol. The van der Waals surface area contributed by atoms with Crippen LogP contribution in [0.1, 0.15) is 18.9 Å². The fourth-order valence-corrected chi connectivity index (χ4v) is 2.36. The molecule has 0 radical (unpaired) electrons. The lowest BCUT2D eigenvalue weighted by Crippen LogP contribution is -2.20. The van der Waals surface area contributed by atoms with Gasteiger partial charge in [0.1, 0.15) is 5.75 Å². The van der Waals surface area contributed by atoms with Crippen LogP contribution in [0.15, 0.2) is 48.5 Å². The number of anilines is 2. The summed E-state index contributed by atoms with van der Waals surface area (Å²) in [5, 5.41) is 6.01. The molecule has 0 bridgehead atoms. The first-order valence-corrected chi connectivity index (χ1v) is 7.63. The van der Waals surface area contributed by atoms with Gasteiger partial charge in [0.25, 0.3) is 0 Å². The Morgan fingerprint density at radius 1 is 1.17 bits per heavy atom. The molecular formula is C18H23N3O2. The molecule has 4 N–H and O–H groups in total. The van der Waals surface area contributed by atoms with Crippen LogP contribution >= 0.6 is 0 Å². The van der Waals surface area contributed by atoms with Crippen LogP contribution in [0.25, 0.3) is 0 Å². The maximum absolute atomic E-state index is 10.9. The minimum absolute atomic E-state index is 0.306. The van der Waals surface area contributed by atoms with Gasteiger partial charge in [0.2, 0.25) is 0 Å². The summed E-state index contributed by atoms with van der Waals surface area (Å²) in [6.45, 7) is 2.14. The Labute approximate surface area is 136 Å². The van der Waals surface area contributed by atoms with Crippen molar-refractivity contribution in [1.82, 2.24) is 0 Å². The molecule has 0 saturated carbocycles. The molecule has 0 aliphatic rings. The predicted molar refractivity (Wildman–Crippen MR) is 94.0 cm³/mol. The van der Waals surface area contributed by atoms with E-state index in [1.807, 2.05) is 30.3 Å². The molecule has 2 rings (SSSR count). The van der Waals surface area contributed by atoms with E-state index in [4.69, 9.17) is 10.5 Å². The SMILES string of the molecule is COc1ccc(CCC(C)Nc2cccc(NC(N)=O)c2)cc1. The minimum Gasteiger partial charge on any atom is -0.497 e. The van der Waals surface area contributed by atoms with E-state index in [9.17, 15) is 4.79 Å². The predicted octanol–water partition coefficient (Wildman–Crippen LogP) is 3.62. The van der Waals surface area contributed by atoms with Crippen molar-refractivity contribution >= 4 is 17.4 Å². The van der Waals surface area contributed by atoms with Gasteiger partial charge >= 0.3 is 6.03 Å². The number of aryl methyl sites for hydroxylation is 1. The molecule has 23 heavy (non-hydrogen) atoms. The molecule has 1 unspecified atom stereocenters. The summed E-state index contributed by atoms with van der Waals surface area (Å²) in [5.41, 5.74) is 8.05. The van der Waals surface area contributed by atoms with Crippen molar-refractivity contribution in [2.24, 2.45) is 5.73 Å². The van der Waals surface area contributed by atoms with Crippen molar-refractivity contribution in [2.45, 2.75) is 25.8 Å². The van der Waals surface area contributed by atoms with Gasteiger partial charge in [-0.05, 0) is 55.7 Å². The molecule has 2 aromatic rings. The molecular weight excluding hydrogens is 290 g/mol. The van der Waals surface area contributed by atoms with Gasteiger partial charge in [-0.3, -0.25) is 0 Å². The number of primary amides is 1. The highest BCUT2D eigenvalue weighted by Crippen LogP contribution is 2.18.